The summed E-state index contributed by atoms with van der Waals surface area (Å²) in [4.78, 5) is 13.4. The third kappa shape index (κ3) is 3.34. The van der Waals surface area contributed by atoms with Gasteiger partial charge >= 0.3 is 0 Å². The monoisotopic (exact) mass is 401 g/mol. The number of amides is 1. The lowest BCUT2D eigenvalue weighted by molar-refractivity contribution is -0.121. The first-order valence-electron chi connectivity index (χ1n) is 9.50. The van der Waals surface area contributed by atoms with Crippen molar-refractivity contribution in [1.29, 1.82) is 0 Å². The molecule has 0 spiro atoms. The quantitative estimate of drug-likeness (QED) is 0.479. The molecule has 1 atom stereocenters. The van der Waals surface area contributed by atoms with Crippen LogP contribution in [0.15, 0.2) is 88.2 Å². The first-order valence-corrected chi connectivity index (χ1v) is 10.4. The number of thiophene rings is 1. The Hall–Kier alpha value is -3.31. The Morgan fingerprint density at radius 2 is 1.69 bits per heavy atom. The Balaban J connectivity index is 1.44. The highest BCUT2D eigenvalue weighted by Crippen LogP contribution is 2.44. The molecule has 4 aromatic rings. The summed E-state index contributed by atoms with van der Waals surface area (Å²) in [5.74, 6) is 1.83. The highest BCUT2D eigenvalue weighted by molar-refractivity contribution is 7.08. The molecule has 144 valence electrons. The second kappa shape index (κ2) is 7.60. The summed E-state index contributed by atoms with van der Waals surface area (Å²) in [6, 6.07) is 21.3. The molecule has 3 heterocycles. The molecule has 1 amide bonds. The van der Waals surface area contributed by atoms with Gasteiger partial charge in [0.1, 0.15) is 17.3 Å². The summed E-state index contributed by atoms with van der Waals surface area (Å²) in [7, 11) is 0. The zero-order valence-corrected chi connectivity index (χ0v) is 16.4. The van der Waals surface area contributed by atoms with E-state index in [4.69, 9.17) is 9.15 Å². The van der Waals surface area contributed by atoms with Crippen molar-refractivity contribution < 1.29 is 13.9 Å². The van der Waals surface area contributed by atoms with E-state index in [0.29, 0.717) is 6.54 Å². The number of rotatable bonds is 5. The molecule has 0 radical (unpaired) electrons. The van der Waals surface area contributed by atoms with Crippen LogP contribution in [0.1, 0.15) is 34.3 Å². The van der Waals surface area contributed by atoms with Crippen LogP contribution in [0.2, 0.25) is 0 Å². The van der Waals surface area contributed by atoms with E-state index in [1.165, 1.54) is 0 Å². The second-order valence-corrected chi connectivity index (χ2v) is 7.76. The van der Waals surface area contributed by atoms with Gasteiger partial charge < -0.3 is 14.5 Å². The van der Waals surface area contributed by atoms with E-state index >= 15 is 0 Å². The van der Waals surface area contributed by atoms with Gasteiger partial charge in [0.15, 0.2) is 0 Å². The number of furan rings is 1. The van der Waals surface area contributed by atoms with E-state index in [-0.39, 0.29) is 11.8 Å². The summed E-state index contributed by atoms with van der Waals surface area (Å²) in [6.07, 6.45) is 1.67. The van der Waals surface area contributed by atoms with E-state index in [9.17, 15) is 4.79 Å². The van der Waals surface area contributed by atoms with Gasteiger partial charge in [-0.3, -0.25) is 4.79 Å². The van der Waals surface area contributed by atoms with Crippen molar-refractivity contribution in [1.82, 2.24) is 5.32 Å². The predicted octanol–water partition coefficient (Wildman–Crippen LogP) is 5.53. The molecule has 5 heteroatoms. The van der Waals surface area contributed by atoms with Gasteiger partial charge in [-0.1, -0.05) is 36.4 Å². The minimum absolute atomic E-state index is 0.0227. The molecule has 2 aromatic heterocycles. The number of benzene rings is 2. The van der Waals surface area contributed by atoms with Gasteiger partial charge in [0, 0.05) is 17.7 Å². The summed E-state index contributed by atoms with van der Waals surface area (Å²) in [5, 5.41) is 7.30. The third-order valence-corrected chi connectivity index (χ3v) is 5.96. The van der Waals surface area contributed by atoms with E-state index in [2.05, 4.69) is 16.8 Å². The van der Waals surface area contributed by atoms with Crippen LogP contribution in [-0.2, 0) is 4.79 Å². The highest BCUT2D eigenvalue weighted by Gasteiger charge is 2.32. The number of ether oxygens (including phenoxy) is 1. The Kier molecular flexibility index (Phi) is 4.66. The smallest absolute Gasteiger partial charge is 0.232 e. The Labute approximate surface area is 172 Å². The molecule has 0 fully saturated rings. The lowest BCUT2D eigenvalue weighted by atomic mass is 9.87. The molecular weight excluding hydrogens is 382 g/mol. The van der Waals surface area contributed by atoms with E-state index in [1.807, 2.05) is 66.0 Å². The van der Waals surface area contributed by atoms with E-state index in [0.717, 1.165) is 33.9 Å². The summed E-state index contributed by atoms with van der Waals surface area (Å²) in [6.45, 7) is 0.463. The molecule has 29 heavy (non-hydrogen) atoms. The lowest BCUT2D eigenvalue weighted by Crippen LogP contribution is -2.34. The Morgan fingerprint density at radius 3 is 2.31 bits per heavy atom. The van der Waals surface area contributed by atoms with Crippen molar-refractivity contribution in [3.05, 3.63) is 106 Å². The Bertz CT molecular complexity index is 1040. The first-order chi connectivity index (χ1) is 14.3. The molecule has 1 unspecified atom stereocenters. The minimum Gasteiger partial charge on any atom is -0.469 e. The first kappa shape index (κ1) is 17.8. The number of para-hydroxylation sites is 2. The molecule has 0 aliphatic carbocycles. The van der Waals surface area contributed by atoms with Gasteiger partial charge in [-0.25, -0.2) is 0 Å². The van der Waals surface area contributed by atoms with E-state index < -0.39 is 5.92 Å². The van der Waals surface area contributed by atoms with Gasteiger partial charge in [0.05, 0.1) is 18.1 Å². The van der Waals surface area contributed by atoms with Crippen LogP contribution in [0, 0.1) is 0 Å². The van der Waals surface area contributed by atoms with Crippen LogP contribution in [0.25, 0.3) is 0 Å². The van der Waals surface area contributed by atoms with Gasteiger partial charge in [-0.15, -0.1) is 0 Å². The largest absolute Gasteiger partial charge is 0.469 e. The fourth-order valence-corrected chi connectivity index (χ4v) is 4.56. The molecule has 0 saturated carbocycles. The van der Waals surface area contributed by atoms with Crippen molar-refractivity contribution in [2.24, 2.45) is 0 Å². The third-order valence-electron chi connectivity index (χ3n) is 5.25. The normalized spacial score (nSPS) is 13.8. The number of carbonyl (C=O) groups excluding carboxylic acids is 1. The second-order valence-electron chi connectivity index (χ2n) is 6.98. The van der Waals surface area contributed by atoms with Gasteiger partial charge in [0.2, 0.25) is 5.91 Å². The lowest BCUT2D eigenvalue weighted by Gasteiger charge is -2.28. The molecule has 1 N–H and O–H groups in total. The van der Waals surface area contributed by atoms with Crippen molar-refractivity contribution in [3.63, 3.8) is 0 Å². The van der Waals surface area contributed by atoms with Crippen LogP contribution in [-0.4, -0.2) is 12.5 Å². The molecule has 0 saturated heterocycles. The van der Waals surface area contributed by atoms with Crippen molar-refractivity contribution in [2.75, 3.05) is 6.54 Å². The maximum absolute atomic E-state index is 13.4. The zero-order chi connectivity index (χ0) is 19.6. The molecule has 1 aliphatic rings. The molecule has 5 rings (SSSR count). The fraction of sp³-hybridized carbons (Fsp3) is 0.125. The highest BCUT2D eigenvalue weighted by atomic mass is 32.1. The minimum atomic E-state index is -0.407. The number of hydrogen-bond donors (Lipinski definition) is 1. The van der Waals surface area contributed by atoms with Crippen LogP contribution in [0.3, 0.4) is 0 Å². The number of nitrogens with one attached hydrogen (secondary N) is 1. The maximum Gasteiger partial charge on any atom is 0.232 e. The SMILES string of the molecule is O=C(NCC(c1ccsc1)c1ccco1)C1c2ccccc2Oc2ccccc21. The topological polar surface area (TPSA) is 51.5 Å². The fourth-order valence-electron chi connectivity index (χ4n) is 3.84. The average molecular weight is 401 g/mol. The standard InChI is InChI=1S/C24H19NO3S/c26-24(25-14-19(16-11-13-29-15-16)20-10-5-12-27-20)23-17-6-1-3-8-21(17)28-22-9-4-2-7-18(22)23/h1-13,15,19,23H,14H2,(H,25,26). The molecule has 1 aliphatic heterocycles. The van der Waals surface area contributed by atoms with Crippen LogP contribution < -0.4 is 10.1 Å². The van der Waals surface area contributed by atoms with Crippen LogP contribution >= 0.6 is 11.3 Å². The van der Waals surface area contributed by atoms with Crippen molar-refractivity contribution in [2.45, 2.75) is 11.8 Å². The molecule has 4 nitrogen and oxygen atoms in total. The molecular formula is C24H19NO3S. The summed E-state index contributed by atoms with van der Waals surface area (Å²) >= 11 is 1.64. The van der Waals surface area contributed by atoms with E-state index in [1.54, 1.807) is 17.6 Å². The van der Waals surface area contributed by atoms with Gasteiger partial charge in [-0.05, 0) is 46.7 Å². The zero-order valence-electron chi connectivity index (χ0n) is 15.6. The number of fused-ring (bicyclic) bond motifs is 2. The maximum atomic E-state index is 13.4. The van der Waals surface area contributed by atoms with Crippen LogP contribution in [0.4, 0.5) is 0 Å². The molecule has 2 aromatic carbocycles. The van der Waals surface area contributed by atoms with Crippen molar-refractivity contribution >= 4 is 17.2 Å². The van der Waals surface area contributed by atoms with Crippen molar-refractivity contribution in [3.8, 4) is 11.5 Å². The van der Waals surface area contributed by atoms with Gasteiger partial charge in [0.25, 0.3) is 0 Å². The van der Waals surface area contributed by atoms with Crippen LogP contribution in [0.5, 0.6) is 11.5 Å². The number of carbonyl (C=O) groups is 1. The Morgan fingerprint density at radius 1 is 0.966 bits per heavy atom. The van der Waals surface area contributed by atoms with Gasteiger partial charge in [-0.2, -0.15) is 11.3 Å². The average Bonchev–Trinajstić information content (AvgIpc) is 3.47. The molecule has 0 bridgehead atoms. The predicted molar refractivity (Wildman–Crippen MR) is 113 cm³/mol. The number of hydrogen-bond acceptors (Lipinski definition) is 4. The summed E-state index contributed by atoms with van der Waals surface area (Å²) < 4.78 is 11.7. The summed E-state index contributed by atoms with van der Waals surface area (Å²) in [5.41, 5.74) is 2.90.